The van der Waals surface area contributed by atoms with Crippen molar-refractivity contribution in [3.63, 3.8) is 0 Å². The van der Waals surface area contributed by atoms with E-state index in [9.17, 15) is 8.42 Å². The highest BCUT2D eigenvalue weighted by Gasteiger charge is 2.27. The summed E-state index contributed by atoms with van der Waals surface area (Å²) in [6.45, 7) is 7.61. The van der Waals surface area contributed by atoms with Crippen LogP contribution in [0.25, 0.3) is 0 Å². The molecule has 100 valence electrons. The van der Waals surface area contributed by atoms with E-state index < -0.39 is 10.0 Å². The lowest BCUT2D eigenvalue weighted by Crippen LogP contribution is -2.31. The molecule has 5 nitrogen and oxygen atoms in total. The highest BCUT2D eigenvalue weighted by molar-refractivity contribution is 9.10. The van der Waals surface area contributed by atoms with Gasteiger partial charge in [-0.1, -0.05) is 12.2 Å². The van der Waals surface area contributed by atoms with Gasteiger partial charge in [-0.15, -0.1) is 13.2 Å². The highest BCUT2D eigenvalue weighted by atomic mass is 79.9. The van der Waals surface area contributed by atoms with Crippen molar-refractivity contribution in [3.05, 3.63) is 41.8 Å². The number of sulfonamides is 1. The van der Waals surface area contributed by atoms with Crippen LogP contribution in [0.2, 0.25) is 0 Å². The lowest BCUT2D eigenvalue weighted by molar-refractivity contribution is 0.463. The minimum Gasteiger partial charge on any atom is -0.452 e. The number of halogens is 1. The monoisotopic (exact) mass is 334 g/mol. The normalized spacial score (nSPS) is 11.7. The molecule has 7 heteroatoms. The Bertz CT molecular complexity index is 526. The third kappa shape index (κ3) is 3.11. The Kier molecular flexibility index (Phi) is 5.33. The van der Waals surface area contributed by atoms with E-state index in [0.717, 1.165) is 0 Å². The molecule has 0 aromatic carbocycles. The number of hydrogen-bond donors (Lipinski definition) is 1. The largest absolute Gasteiger partial charge is 0.452 e. The van der Waals surface area contributed by atoms with Crippen LogP contribution in [0.4, 0.5) is 0 Å². The molecule has 0 spiro atoms. The Morgan fingerprint density at radius 1 is 1.39 bits per heavy atom. The fraction of sp³-hybridized carbons (Fsp3) is 0.273. The molecule has 1 aromatic rings. The van der Waals surface area contributed by atoms with Gasteiger partial charge in [0, 0.05) is 19.2 Å². The fourth-order valence-electron chi connectivity index (χ4n) is 1.37. The summed E-state index contributed by atoms with van der Waals surface area (Å²) in [5, 5.41) is 0. The summed E-state index contributed by atoms with van der Waals surface area (Å²) in [6, 6.07) is 1.42. The summed E-state index contributed by atoms with van der Waals surface area (Å²) >= 11 is 3.08. The van der Waals surface area contributed by atoms with Crippen LogP contribution in [-0.4, -0.2) is 25.8 Å². The van der Waals surface area contributed by atoms with Crippen molar-refractivity contribution in [2.75, 3.05) is 13.1 Å². The summed E-state index contributed by atoms with van der Waals surface area (Å²) < 4.78 is 31.3. The van der Waals surface area contributed by atoms with E-state index >= 15 is 0 Å². The maximum absolute atomic E-state index is 12.4. The zero-order chi connectivity index (χ0) is 13.8. The van der Waals surface area contributed by atoms with Gasteiger partial charge in [0.05, 0.1) is 6.54 Å². The molecule has 2 N–H and O–H groups in total. The van der Waals surface area contributed by atoms with Crippen LogP contribution in [0.1, 0.15) is 5.76 Å². The Labute approximate surface area is 115 Å². The van der Waals surface area contributed by atoms with Crippen LogP contribution >= 0.6 is 15.9 Å². The molecule has 0 saturated carbocycles. The summed E-state index contributed by atoms with van der Waals surface area (Å²) in [6.07, 6.45) is 3.03. The minimum atomic E-state index is -3.65. The van der Waals surface area contributed by atoms with Crippen molar-refractivity contribution < 1.29 is 12.8 Å². The molecular formula is C11H15BrN2O3S. The van der Waals surface area contributed by atoms with E-state index in [-0.39, 0.29) is 29.2 Å². The molecular weight excluding hydrogens is 320 g/mol. The second kappa shape index (κ2) is 6.33. The summed E-state index contributed by atoms with van der Waals surface area (Å²) in [5.74, 6) is 0.401. The predicted octanol–water partition coefficient (Wildman–Crippen LogP) is 1.86. The molecule has 1 heterocycles. The van der Waals surface area contributed by atoms with Gasteiger partial charge in [0.1, 0.15) is 10.7 Å². The van der Waals surface area contributed by atoms with Gasteiger partial charge < -0.3 is 10.2 Å². The molecule has 0 aliphatic heterocycles. The lowest BCUT2D eigenvalue weighted by atomic mass is 10.5. The Hall–Kier alpha value is -0.890. The minimum absolute atomic E-state index is 0.0617. The smallest absolute Gasteiger partial charge is 0.248 e. The molecule has 0 aliphatic rings. The Morgan fingerprint density at radius 3 is 2.33 bits per heavy atom. The van der Waals surface area contributed by atoms with Gasteiger partial charge in [0.2, 0.25) is 10.0 Å². The number of rotatable bonds is 7. The van der Waals surface area contributed by atoms with Crippen molar-refractivity contribution in [3.8, 4) is 0 Å². The molecule has 1 aromatic heterocycles. The van der Waals surface area contributed by atoms with Crippen molar-refractivity contribution in [1.29, 1.82) is 0 Å². The molecule has 0 fully saturated rings. The summed E-state index contributed by atoms with van der Waals surface area (Å²) in [7, 11) is -3.65. The summed E-state index contributed by atoms with van der Waals surface area (Å²) in [4.78, 5) is 0.0617. The van der Waals surface area contributed by atoms with Crippen LogP contribution in [0.15, 0.2) is 45.4 Å². The van der Waals surface area contributed by atoms with Crippen LogP contribution in [0.3, 0.4) is 0 Å². The number of nitrogens with zero attached hydrogens (tertiary/aromatic N) is 1. The third-order valence-corrected chi connectivity index (χ3v) is 4.88. The zero-order valence-electron chi connectivity index (χ0n) is 9.80. The molecule has 0 saturated heterocycles. The van der Waals surface area contributed by atoms with Gasteiger partial charge in [0.15, 0.2) is 4.67 Å². The standard InChI is InChI=1S/C11H15BrN2O3S/c1-3-5-14(6-4-2)18(15,16)10-7-9(8-13)17-11(10)12/h3-4,7H,1-2,5-6,8,13H2. The fourth-order valence-corrected chi connectivity index (χ4v) is 3.71. The van der Waals surface area contributed by atoms with Crippen molar-refractivity contribution >= 4 is 26.0 Å². The highest BCUT2D eigenvalue weighted by Crippen LogP contribution is 2.28. The molecule has 0 radical (unpaired) electrons. The Morgan fingerprint density at radius 2 is 1.94 bits per heavy atom. The first kappa shape index (κ1) is 15.2. The third-order valence-electron chi connectivity index (χ3n) is 2.19. The number of furan rings is 1. The number of nitrogens with two attached hydrogens (primary N) is 1. The number of hydrogen-bond acceptors (Lipinski definition) is 4. The topological polar surface area (TPSA) is 76.5 Å². The molecule has 0 unspecified atom stereocenters. The van der Waals surface area contributed by atoms with Crippen molar-refractivity contribution in [1.82, 2.24) is 4.31 Å². The molecule has 0 atom stereocenters. The zero-order valence-corrected chi connectivity index (χ0v) is 12.2. The van der Waals surface area contributed by atoms with Gasteiger partial charge in [-0.25, -0.2) is 8.42 Å². The quantitative estimate of drug-likeness (QED) is 0.772. The molecule has 0 bridgehead atoms. The van der Waals surface area contributed by atoms with Crippen molar-refractivity contribution in [2.24, 2.45) is 5.73 Å². The van der Waals surface area contributed by atoms with E-state index in [4.69, 9.17) is 10.2 Å². The van der Waals surface area contributed by atoms with Crippen LogP contribution in [-0.2, 0) is 16.6 Å². The Balaban J connectivity index is 3.20. The second-order valence-electron chi connectivity index (χ2n) is 3.45. The molecule has 0 amide bonds. The van der Waals surface area contributed by atoms with Gasteiger partial charge in [-0.05, 0) is 15.9 Å². The predicted molar refractivity (Wildman–Crippen MR) is 73.5 cm³/mol. The van der Waals surface area contributed by atoms with E-state index in [0.29, 0.717) is 5.76 Å². The summed E-state index contributed by atoms with van der Waals surface area (Å²) in [5.41, 5.74) is 5.41. The van der Waals surface area contributed by atoms with Crippen molar-refractivity contribution in [2.45, 2.75) is 11.4 Å². The SMILES string of the molecule is C=CCN(CC=C)S(=O)(=O)c1cc(CN)oc1Br. The average molecular weight is 335 g/mol. The molecule has 0 aliphatic carbocycles. The van der Waals surface area contributed by atoms with Crippen LogP contribution < -0.4 is 5.73 Å². The van der Waals surface area contributed by atoms with Crippen LogP contribution in [0, 0.1) is 0 Å². The van der Waals surface area contributed by atoms with E-state index in [2.05, 4.69) is 29.1 Å². The van der Waals surface area contributed by atoms with E-state index in [1.165, 1.54) is 22.5 Å². The van der Waals surface area contributed by atoms with E-state index in [1.54, 1.807) is 0 Å². The first-order valence-electron chi connectivity index (χ1n) is 5.17. The average Bonchev–Trinajstić information content (AvgIpc) is 2.71. The second-order valence-corrected chi connectivity index (χ2v) is 6.08. The maximum Gasteiger partial charge on any atom is 0.248 e. The van der Waals surface area contributed by atoms with Gasteiger partial charge in [-0.3, -0.25) is 0 Å². The lowest BCUT2D eigenvalue weighted by Gasteiger charge is -2.17. The first-order valence-corrected chi connectivity index (χ1v) is 7.40. The van der Waals surface area contributed by atoms with Gasteiger partial charge >= 0.3 is 0 Å². The first-order chi connectivity index (χ1) is 8.47. The molecule has 1 rings (SSSR count). The van der Waals surface area contributed by atoms with E-state index in [1.807, 2.05) is 0 Å². The van der Waals surface area contributed by atoms with Gasteiger partial charge in [-0.2, -0.15) is 4.31 Å². The molecule has 18 heavy (non-hydrogen) atoms. The van der Waals surface area contributed by atoms with Gasteiger partial charge in [0.25, 0.3) is 0 Å². The van der Waals surface area contributed by atoms with Crippen LogP contribution in [0.5, 0.6) is 0 Å². The maximum atomic E-state index is 12.4.